The summed E-state index contributed by atoms with van der Waals surface area (Å²) >= 11 is 0. The number of nitrogens with one attached hydrogen (secondary N) is 1. The molecule has 1 N–H and O–H groups in total. The fourth-order valence-corrected chi connectivity index (χ4v) is 2.00. The van der Waals surface area contributed by atoms with E-state index in [9.17, 15) is 0 Å². The predicted molar refractivity (Wildman–Crippen MR) is 83.7 cm³/mol. The maximum atomic E-state index is 5.17. The second-order valence-corrected chi connectivity index (χ2v) is 4.87. The SMILES string of the molecule is CCNCc1cn(CCN(C)c2ccc(OC)cc2)nn1. The molecule has 6 nitrogen and oxygen atoms in total. The van der Waals surface area contributed by atoms with E-state index >= 15 is 0 Å². The Hall–Kier alpha value is -2.08. The van der Waals surface area contributed by atoms with Gasteiger partial charge in [-0.1, -0.05) is 12.1 Å². The van der Waals surface area contributed by atoms with Gasteiger partial charge in [0.1, 0.15) is 5.75 Å². The highest BCUT2D eigenvalue weighted by atomic mass is 16.5. The van der Waals surface area contributed by atoms with Crippen LogP contribution in [0.4, 0.5) is 5.69 Å². The third-order valence-electron chi connectivity index (χ3n) is 3.32. The van der Waals surface area contributed by atoms with Crippen molar-refractivity contribution in [2.45, 2.75) is 20.0 Å². The van der Waals surface area contributed by atoms with E-state index in [-0.39, 0.29) is 0 Å². The van der Waals surface area contributed by atoms with Crippen LogP contribution in [0, 0.1) is 0 Å². The molecular weight excluding hydrogens is 266 g/mol. The zero-order chi connectivity index (χ0) is 15.1. The summed E-state index contributed by atoms with van der Waals surface area (Å²) in [4.78, 5) is 2.19. The third kappa shape index (κ3) is 4.46. The van der Waals surface area contributed by atoms with Crippen LogP contribution in [0.1, 0.15) is 12.6 Å². The Morgan fingerprint density at radius 3 is 2.71 bits per heavy atom. The number of anilines is 1. The standard InChI is InChI=1S/C15H23N5O/c1-4-16-11-13-12-20(18-17-13)10-9-19(2)14-5-7-15(21-3)8-6-14/h5-8,12,16H,4,9-11H2,1-3H3. The number of hydrogen-bond acceptors (Lipinski definition) is 5. The Balaban J connectivity index is 1.85. The average molecular weight is 289 g/mol. The van der Waals surface area contributed by atoms with Gasteiger partial charge in [0.2, 0.25) is 0 Å². The lowest BCUT2D eigenvalue weighted by molar-refractivity contribution is 0.415. The van der Waals surface area contributed by atoms with E-state index in [1.165, 1.54) is 0 Å². The monoisotopic (exact) mass is 289 g/mol. The summed E-state index contributed by atoms with van der Waals surface area (Å²) < 4.78 is 7.05. The van der Waals surface area contributed by atoms with E-state index in [0.29, 0.717) is 0 Å². The molecule has 0 aliphatic heterocycles. The van der Waals surface area contributed by atoms with Gasteiger partial charge in [-0.25, -0.2) is 0 Å². The molecule has 21 heavy (non-hydrogen) atoms. The van der Waals surface area contributed by atoms with E-state index in [2.05, 4.69) is 46.6 Å². The number of benzene rings is 1. The van der Waals surface area contributed by atoms with Gasteiger partial charge in [-0.05, 0) is 30.8 Å². The molecule has 1 aromatic carbocycles. The Morgan fingerprint density at radius 1 is 1.29 bits per heavy atom. The molecule has 0 fully saturated rings. The first-order valence-corrected chi connectivity index (χ1v) is 7.18. The largest absolute Gasteiger partial charge is 0.497 e. The number of likely N-dealkylation sites (N-methyl/N-ethyl adjacent to an activating group) is 1. The Labute approximate surface area is 125 Å². The number of methoxy groups -OCH3 is 1. The van der Waals surface area contributed by atoms with E-state index in [1.807, 2.05) is 23.0 Å². The fraction of sp³-hybridized carbons (Fsp3) is 0.467. The molecule has 0 radical (unpaired) electrons. The van der Waals surface area contributed by atoms with Crippen LogP contribution >= 0.6 is 0 Å². The Kier molecular flexibility index (Phi) is 5.57. The van der Waals surface area contributed by atoms with E-state index in [4.69, 9.17) is 4.74 Å². The molecule has 0 amide bonds. The van der Waals surface area contributed by atoms with Gasteiger partial charge in [-0.2, -0.15) is 0 Å². The first kappa shape index (κ1) is 15.3. The van der Waals surface area contributed by atoms with Crippen molar-refractivity contribution in [3.05, 3.63) is 36.2 Å². The van der Waals surface area contributed by atoms with Gasteiger partial charge < -0.3 is 15.0 Å². The zero-order valence-electron chi connectivity index (χ0n) is 12.9. The van der Waals surface area contributed by atoms with Crippen LogP contribution < -0.4 is 15.0 Å². The highest BCUT2D eigenvalue weighted by molar-refractivity contribution is 5.48. The van der Waals surface area contributed by atoms with Crippen LogP contribution in [0.3, 0.4) is 0 Å². The second-order valence-electron chi connectivity index (χ2n) is 4.87. The van der Waals surface area contributed by atoms with Crippen LogP contribution in [0.5, 0.6) is 5.75 Å². The van der Waals surface area contributed by atoms with Gasteiger partial charge in [0.15, 0.2) is 0 Å². The third-order valence-corrected chi connectivity index (χ3v) is 3.32. The number of nitrogens with zero attached hydrogens (tertiary/aromatic N) is 4. The lowest BCUT2D eigenvalue weighted by Crippen LogP contribution is -2.22. The minimum absolute atomic E-state index is 0.769. The van der Waals surface area contributed by atoms with Crippen molar-refractivity contribution in [1.29, 1.82) is 0 Å². The molecule has 0 bridgehead atoms. The van der Waals surface area contributed by atoms with Gasteiger partial charge in [0.25, 0.3) is 0 Å². The van der Waals surface area contributed by atoms with Crippen LogP contribution in [-0.2, 0) is 13.1 Å². The summed E-state index contributed by atoms with van der Waals surface area (Å²) in [5.41, 5.74) is 2.13. The summed E-state index contributed by atoms with van der Waals surface area (Å²) in [6.07, 6.45) is 1.99. The summed E-state index contributed by atoms with van der Waals surface area (Å²) in [6, 6.07) is 8.04. The summed E-state index contributed by atoms with van der Waals surface area (Å²) in [5, 5.41) is 11.5. The molecule has 0 aliphatic carbocycles. The summed E-state index contributed by atoms with van der Waals surface area (Å²) in [7, 11) is 3.74. The molecule has 0 saturated heterocycles. The molecule has 6 heteroatoms. The Morgan fingerprint density at radius 2 is 2.05 bits per heavy atom. The minimum atomic E-state index is 0.769. The molecule has 0 aliphatic rings. The van der Waals surface area contributed by atoms with Crippen molar-refractivity contribution in [3.8, 4) is 5.75 Å². The number of rotatable bonds is 8. The quantitative estimate of drug-likeness (QED) is 0.799. The second kappa shape index (κ2) is 7.64. The molecule has 0 spiro atoms. The Bertz CT molecular complexity index is 537. The molecule has 0 saturated carbocycles. The first-order chi connectivity index (χ1) is 10.2. The lowest BCUT2D eigenvalue weighted by Gasteiger charge is -2.19. The van der Waals surface area contributed by atoms with Crippen molar-refractivity contribution < 1.29 is 4.74 Å². The van der Waals surface area contributed by atoms with Crippen LogP contribution in [0.2, 0.25) is 0 Å². The zero-order valence-corrected chi connectivity index (χ0v) is 12.9. The number of hydrogen-bond donors (Lipinski definition) is 1. The summed E-state index contributed by atoms with van der Waals surface area (Å²) in [5.74, 6) is 0.872. The van der Waals surface area contributed by atoms with Crippen molar-refractivity contribution in [2.75, 3.05) is 32.1 Å². The van der Waals surface area contributed by atoms with Gasteiger partial charge in [0.05, 0.1) is 19.3 Å². The van der Waals surface area contributed by atoms with Crippen LogP contribution in [0.25, 0.3) is 0 Å². The number of aromatic nitrogens is 3. The van der Waals surface area contributed by atoms with Crippen LogP contribution in [-0.4, -0.2) is 42.2 Å². The highest BCUT2D eigenvalue weighted by Gasteiger charge is 2.04. The van der Waals surface area contributed by atoms with Gasteiger partial charge >= 0.3 is 0 Å². The van der Waals surface area contributed by atoms with Crippen LogP contribution in [0.15, 0.2) is 30.5 Å². The average Bonchev–Trinajstić information content (AvgIpc) is 2.98. The molecule has 2 rings (SSSR count). The predicted octanol–water partition coefficient (Wildman–Crippen LogP) is 1.53. The van der Waals surface area contributed by atoms with E-state index in [1.54, 1.807) is 7.11 Å². The minimum Gasteiger partial charge on any atom is -0.497 e. The lowest BCUT2D eigenvalue weighted by atomic mass is 10.3. The summed E-state index contributed by atoms with van der Waals surface area (Å²) in [6.45, 7) is 5.46. The molecule has 114 valence electrons. The maximum Gasteiger partial charge on any atom is 0.119 e. The van der Waals surface area contributed by atoms with E-state index < -0.39 is 0 Å². The fourth-order valence-electron chi connectivity index (χ4n) is 2.00. The smallest absolute Gasteiger partial charge is 0.119 e. The molecule has 2 aromatic rings. The molecular formula is C15H23N5O. The van der Waals surface area contributed by atoms with Crippen molar-refractivity contribution in [2.24, 2.45) is 0 Å². The topological polar surface area (TPSA) is 55.2 Å². The van der Waals surface area contributed by atoms with E-state index in [0.717, 1.165) is 43.3 Å². The first-order valence-electron chi connectivity index (χ1n) is 7.18. The normalized spacial score (nSPS) is 10.6. The maximum absolute atomic E-state index is 5.17. The van der Waals surface area contributed by atoms with Crippen molar-refractivity contribution in [3.63, 3.8) is 0 Å². The van der Waals surface area contributed by atoms with Gasteiger partial charge in [-0.3, -0.25) is 4.68 Å². The number of ether oxygens (including phenoxy) is 1. The van der Waals surface area contributed by atoms with Crippen molar-refractivity contribution in [1.82, 2.24) is 20.3 Å². The van der Waals surface area contributed by atoms with Gasteiger partial charge in [-0.15, -0.1) is 5.10 Å². The molecule has 1 aromatic heterocycles. The highest BCUT2D eigenvalue weighted by Crippen LogP contribution is 2.17. The van der Waals surface area contributed by atoms with Gasteiger partial charge in [0, 0.05) is 32.0 Å². The van der Waals surface area contributed by atoms with Crippen molar-refractivity contribution >= 4 is 5.69 Å². The molecule has 1 heterocycles. The molecule has 0 atom stereocenters. The molecule has 0 unspecified atom stereocenters.